The molecule has 0 bridgehead atoms. The minimum Gasteiger partial charge on any atom is -0.352 e. The Bertz CT molecular complexity index is 774. The third-order valence-corrected chi connectivity index (χ3v) is 5.91. The summed E-state index contributed by atoms with van der Waals surface area (Å²) < 4.78 is 3.07. The third-order valence-electron chi connectivity index (χ3n) is 3.95. The molecule has 2 heterocycles. The van der Waals surface area contributed by atoms with Crippen molar-refractivity contribution in [2.24, 2.45) is 0 Å². The van der Waals surface area contributed by atoms with Crippen molar-refractivity contribution in [3.63, 3.8) is 0 Å². The van der Waals surface area contributed by atoms with Gasteiger partial charge in [-0.3, -0.25) is 10.1 Å². The van der Waals surface area contributed by atoms with Gasteiger partial charge in [0.15, 0.2) is 5.52 Å². The number of rotatable bonds is 4. The first-order valence-corrected chi connectivity index (χ1v) is 9.00. The summed E-state index contributed by atoms with van der Waals surface area (Å²) in [6.45, 7) is 5.93. The Labute approximate surface area is 162 Å². The van der Waals surface area contributed by atoms with E-state index in [4.69, 9.17) is 0 Å². The van der Waals surface area contributed by atoms with Crippen LogP contribution >= 0.6 is 44.3 Å². The summed E-state index contributed by atoms with van der Waals surface area (Å²) in [6, 6.07) is 2.29. The van der Waals surface area contributed by atoms with E-state index >= 15 is 0 Å². The van der Waals surface area contributed by atoms with Crippen LogP contribution in [0.2, 0.25) is 0 Å². The van der Waals surface area contributed by atoms with E-state index in [0.29, 0.717) is 20.4 Å². The normalized spacial score (nSPS) is 17.3. The molecule has 7 nitrogen and oxygen atoms in total. The van der Waals surface area contributed by atoms with E-state index in [0.717, 1.165) is 25.0 Å². The Morgan fingerprint density at radius 1 is 1.50 bits per heavy atom. The highest BCUT2D eigenvalue weighted by Crippen LogP contribution is 2.40. The summed E-state index contributed by atoms with van der Waals surface area (Å²) in [7, 11) is 0. The highest BCUT2D eigenvalue weighted by Gasteiger charge is 2.27. The molecule has 1 aliphatic rings. The molecule has 1 fully saturated rings. The van der Waals surface area contributed by atoms with Crippen LogP contribution in [0.3, 0.4) is 0 Å². The number of nitrogens with zero attached hydrogens (tertiary/aromatic N) is 3. The molecule has 1 atom stereocenters. The number of nitro benzene ring substituents is 1. The van der Waals surface area contributed by atoms with Crippen molar-refractivity contribution >= 4 is 66.9 Å². The first-order chi connectivity index (χ1) is 10.9. The molecule has 132 valence electrons. The number of halogens is 3. The number of benzene rings is 1. The molecular formula is C14H18Br2ClN5O2. The maximum Gasteiger partial charge on any atom is 0.312 e. The molecular weight excluding hydrogens is 465 g/mol. The van der Waals surface area contributed by atoms with Crippen LogP contribution in [-0.2, 0) is 0 Å². The Balaban J connectivity index is 0.00000208. The molecule has 0 amide bonds. The van der Waals surface area contributed by atoms with E-state index in [-0.39, 0.29) is 30.2 Å². The maximum atomic E-state index is 11.5. The van der Waals surface area contributed by atoms with E-state index in [2.05, 4.69) is 47.5 Å². The molecule has 2 N–H and O–H groups in total. The van der Waals surface area contributed by atoms with Crippen LogP contribution in [-0.4, -0.2) is 33.6 Å². The molecule has 2 aromatic rings. The molecule has 24 heavy (non-hydrogen) atoms. The van der Waals surface area contributed by atoms with Gasteiger partial charge in [-0.25, -0.2) is 4.98 Å². The molecule has 0 spiro atoms. The fraction of sp³-hybridized carbons (Fsp3) is 0.500. The summed E-state index contributed by atoms with van der Waals surface area (Å²) in [5, 5.41) is 18.2. The van der Waals surface area contributed by atoms with Crippen LogP contribution in [0.15, 0.2) is 15.0 Å². The Kier molecular flexibility index (Phi) is 6.11. The zero-order valence-electron chi connectivity index (χ0n) is 13.2. The van der Waals surface area contributed by atoms with Crippen molar-refractivity contribution in [3.05, 3.63) is 25.1 Å². The van der Waals surface area contributed by atoms with Gasteiger partial charge in [0, 0.05) is 23.1 Å². The monoisotopic (exact) mass is 481 g/mol. The molecule has 1 aromatic heterocycles. The fourth-order valence-corrected chi connectivity index (χ4v) is 3.76. The van der Waals surface area contributed by atoms with Crippen molar-refractivity contribution in [1.29, 1.82) is 0 Å². The van der Waals surface area contributed by atoms with Gasteiger partial charge < -0.3 is 15.2 Å². The molecule has 3 rings (SSSR count). The second kappa shape index (κ2) is 7.55. The molecule has 1 aliphatic heterocycles. The zero-order chi connectivity index (χ0) is 16.7. The minimum atomic E-state index is -0.393. The predicted molar refractivity (Wildman–Crippen MR) is 104 cm³/mol. The van der Waals surface area contributed by atoms with E-state index in [9.17, 15) is 10.1 Å². The van der Waals surface area contributed by atoms with Gasteiger partial charge in [-0.2, -0.15) is 0 Å². The summed E-state index contributed by atoms with van der Waals surface area (Å²) in [5.74, 6) is 0.678. The quantitative estimate of drug-likeness (QED) is 0.502. The van der Waals surface area contributed by atoms with Gasteiger partial charge in [-0.1, -0.05) is 0 Å². The Morgan fingerprint density at radius 2 is 2.21 bits per heavy atom. The smallest absolute Gasteiger partial charge is 0.312 e. The SMILES string of the molecule is CC(C)n1c(N[C@H]2CCNC2)nc2c([N+](=O)[O-])c(Br)c(Br)cc21.Cl. The van der Waals surface area contributed by atoms with E-state index < -0.39 is 4.92 Å². The molecule has 0 saturated carbocycles. The second-order valence-corrected chi connectivity index (χ2v) is 7.53. The maximum absolute atomic E-state index is 11.5. The van der Waals surface area contributed by atoms with Crippen molar-refractivity contribution in [2.45, 2.75) is 32.4 Å². The van der Waals surface area contributed by atoms with Crippen LogP contribution in [0, 0.1) is 10.1 Å². The van der Waals surface area contributed by atoms with Crippen LogP contribution < -0.4 is 10.6 Å². The molecule has 0 radical (unpaired) electrons. The first-order valence-electron chi connectivity index (χ1n) is 7.41. The van der Waals surface area contributed by atoms with E-state index in [1.165, 1.54) is 0 Å². The van der Waals surface area contributed by atoms with Gasteiger partial charge in [-0.15, -0.1) is 12.4 Å². The highest BCUT2D eigenvalue weighted by molar-refractivity contribution is 9.13. The van der Waals surface area contributed by atoms with Gasteiger partial charge in [0.2, 0.25) is 5.95 Å². The lowest BCUT2D eigenvalue weighted by Crippen LogP contribution is -2.24. The van der Waals surface area contributed by atoms with Gasteiger partial charge in [-0.05, 0) is 64.7 Å². The zero-order valence-corrected chi connectivity index (χ0v) is 17.2. The van der Waals surface area contributed by atoms with Gasteiger partial charge in [0.05, 0.1) is 10.4 Å². The number of anilines is 1. The van der Waals surface area contributed by atoms with E-state index in [1.54, 1.807) is 0 Å². The molecule has 0 unspecified atom stereocenters. The number of hydrogen-bond acceptors (Lipinski definition) is 5. The van der Waals surface area contributed by atoms with Crippen LogP contribution in [0.4, 0.5) is 11.6 Å². The summed E-state index contributed by atoms with van der Waals surface area (Å²) in [5.41, 5.74) is 1.13. The highest BCUT2D eigenvalue weighted by atomic mass is 79.9. The van der Waals surface area contributed by atoms with Crippen LogP contribution in [0.1, 0.15) is 26.3 Å². The first kappa shape index (κ1) is 19.4. The predicted octanol–water partition coefficient (Wildman–Crippen LogP) is 4.25. The molecule has 1 aromatic carbocycles. The standard InChI is InChI=1S/C14H17Br2N5O2.ClH/c1-7(2)20-10-5-9(15)11(16)13(21(22)23)12(10)19-14(20)18-8-3-4-17-6-8;/h5,7-8,17H,3-4,6H2,1-2H3,(H,18,19);1H/t8-;/m0./s1. The van der Waals surface area contributed by atoms with Crippen molar-refractivity contribution in [2.75, 3.05) is 18.4 Å². The number of nitrogens with one attached hydrogen (secondary N) is 2. The minimum absolute atomic E-state index is 0. The average Bonchev–Trinajstić information content (AvgIpc) is 3.07. The average molecular weight is 484 g/mol. The Morgan fingerprint density at radius 3 is 2.75 bits per heavy atom. The van der Waals surface area contributed by atoms with Crippen molar-refractivity contribution < 1.29 is 4.92 Å². The lowest BCUT2D eigenvalue weighted by atomic mass is 10.2. The number of imidazole rings is 1. The van der Waals surface area contributed by atoms with Crippen molar-refractivity contribution in [1.82, 2.24) is 14.9 Å². The summed E-state index contributed by atoms with van der Waals surface area (Å²) >= 11 is 6.69. The number of fused-ring (bicyclic) bond motifs is 1. The largest absolute Gasteiger partial charge is 0.352 e. The number of hydrogen-bond donors (Lipinski definition) is 2. The number of aromatic nitrogens is 2. The number of nitro groups is 1. The topological polar surface area (TPSA) is 85.0 Å². The summed E-state index contributed by atoms with van der Waals surface area (Å²) in [4.78, 5) is 15.7. The van der Waals surface area contributed by atoms with Crippen LogP contribution in [0.25, 0.3) is 11.0 Å². The second-order valence-electron chi connectivity index (χ2n) is 5.88. The fourth-order valence-electron chi connectivity index (χ4n) is 2.91. The van der Waals surface area contributed by atoms with Gasteiger partial charge in [0.1, 0.15) is 4.47 Å². The Hall–Kier alpha value is -0.900. The van der Waals surface area contributed by atoms with Gasteiger partial charge in [0.25, 0.3) is 0 Å². The summed E-state index contributed by atoms with van der Waals surface area (Å²) in [6.07, 6.45) is 1.01. The lowest BCUT2D eigenvalue weighted by Gasteiger charge is -2.17. The molecule has 1 saturated heterocycles. The van der Waals surface area contributed by atoms with Crippen molar-refractivity contribution in [3.8, 4) is 0 Å². The third kappa shape index (κ3) is 3.40. The van der Waals surface area contributed by atoms with Gasteiger partial charge >= 0.3 is 5.69 Å². The molecule has 10 heteroatoms. The van der Waals surface area contributed by atoms with E-state index in [1.807, 2.05) is 24.5 Å². The molecule has 0 aliphatic carbocycles. The lowest BCUT2D eigenvalue weighted by molar-refractivity contribution is -0.384. The van der Waals surface area contributed by atoms with Crippen LogP contribution in [0.5, 0.6) is 0 Å².